The minimum absolute atomic E-state index is 0.0166. The summed E-state index contributed by atoms with van der Waals surface area (Å²) in [5, 5.41) is 0. The lowest BCUT2D eigenvalue weighted by molar-refractivity contribution is -0.134. The Bertz CT molecular complexity index is 548. The van der Waals surface area contributed by atoms with Gasteiger partial charge in [0, 0.05) is 6.42 Å². The monoisotopic (exact) mass is 286 g/mol. The summed E-state index contributed by atoms with van der Waals surface area (Å²) in [6.45, 7) is 5.33. The third-order valence-electron chi connectivity index (χ3n) is 2.32. The first-order chi connectivity index (χ1) is 8.90. The third kappa shape index (κ3) is 4.33. The van der Waals surface area contributed by atoms with E-state index in [1.807, 2.05) is 6.92 Å². The predicted octanol–water partition coefficient (Wildman–Crippen LogP) is 2.43. The zero-order valence-corrected chi connectivity index (χ0v) is 12.1. The number of carbonyl (C=O) groups is 1. The maximum atomic E-state index is 12.0. The van der Waals surface area contributed by atoms with E-state index in [-0.39, 0.29) is 23.7 Å². The van der Waals surface area contributed by atoms with Crippen molar-refractivity contribution in [2.45, 2.75) is 38.5 Å². The number of ether oxygens (including phenoxy) is 1. The van der Waals surface area contributed by atoms with Gasteiger partial charge < -0.3 is 4.74 Å². The molecule has 0 saturated heterocycles. The Morgan fingerprint density at radius 3 is 2.53 bits per heavy atom. The quantitative estimate of drug-likeness (QED) is 0.456. The first-order valence-electron chi connectivity index (χ1n) is 6.11. The van der Waals surface area contributed by atoms with Gasteiger partial charge in [0.25, 0.3) is 0 Å². The van der Waals surface area contributed by atoms with E-state index >= 15 is 0 Å². The summed E-state index contributed by atoms with van der Waals surface area (Å²) in [5.74, 6) is -0.472. The molecular formula is C13H18O5S. The second kappa shape index (κ2) is 6.68. The second-order valence-electron chi connectivity index (χ2n) is 4.05. The maximum Gasteiger partial charge on any atom is 0.310 e. The van der Waals surface area contributed by atoms with E-state index < -0.39 is 16.1 Å². The summed E-state index contributed by atoms with van der Waals surface area (Å²) in [6, 6.07) is 4.53. The molecule has 1 aromatic rings. The average Bonchev–Trinajstić information content (AvgIpc) is 2.36. The van der Waals surface area contributed by atoms with Gasteiger partial charge in [-0.25, -0.2) is 0 Å². The molecule has 0 atom stereocenters. The zero-order chi connectivity index (χ0) is 14.5. The molecule has 0 aromatic heterocycles. The topological polar surface area (TPSA) is 69.7 Å². The molecule has 5 nitrogen and oxygen atoms in total. The van der Waals surface area contributed by atoms with Gasteiger partial charge in [-0.05, 0) is 31.0 Å². The molecule has 0 fully saturated rings. The number of esters is 1. The highest BCUT2D eigenvalue weighted by atomic mass is 32.2. The van der Waals surface area contributed by atoms with Crippen LogP contribution >= 0.6 is 0 Å². The average molecular weight is 286 g/mol. The number of benzene rings is 1. The van der Waals surface area contributed by atoms with Crippen LogP contribution in [0.4, 0.5) is 0 Å². The molecule has 0 N–H and O–H groups in total. The second-order valence-corrected chi connectivity index (χ2v) is 5.64. The van der Waals surface area contributed by atoms with Gasteiger partial charge in [0.15, 0.2) is 5.75 Å². The molecule has 0 aliphatic heterocycles. The predicted molar refractivity (Wildman–Crippen MR) is 70.5 cm³/mol. The summed E-state index contributed by atoms with van der Waals surface area (Å²) < 4.78 is 33.8. The van der Waals surface area contributed by atoms with Crippen LogP contribution in [-0.2, 0) is 19.1 Å². The molecule has 0 heterocycles. The number of carbonyl (C=O) groups excluding carboxylic acids is 1. The highest BCUT2D eigenvalue weighted by molar-refractivity contribution is 7.86. The lowest BCUT2D eigenvalue weighted by Crippen LogP contribution is -2.12. The van der Waals surface area contributed by atoms with Crippen LogP contribution in [0.15, 0.2) is 23.1 Å². The van der Waals surface area contributed by atoms with E-state index in [9.17, 15) is 13.2 Å². The lowest BCUT2D eigenvalue weighted by atomic mass is 10.2. The Morgan fingerprint density at radius 1 is 1.26 bits per heavy atom. The normalized spacial score (nSPS) is 11.3. The van der Waals surface area contributed by atoms with Gasteiger partial charge in [0.2, 0.25) is 0 Å². The van der Waals surface area contributed by atoms with Crippen LogP contribution in [0.2, 0.25) is 0 Å². The Morgan fingerprint density at radius 2 is 1.95 bits per heavy atom. The SMILES string of the molecule is CCCOS(=O)(=O)c1ccc(C)cc1OC(=O)CC. The van der Waals surface area contributed by atoms with E-state index in [0.717, 1.165) is 5.56 Å². The van der Waals surface area contributed by atoms with Crippen molar-refractivity contribution in [1.82, 2.24) is 0 Å². The highest BCUT2D eigenvalue weighted by Gasteiger charge is 2.22. The van der Waals surface area contributed by atoms with Gasteiger partial charge in [-0.3, -0.25) is 8.98 Å². The molecule has 106 valence electrons. The molecule has 0 aliphatic rings. The number of aryl methyl sites for hydroxylation is 1. The van der Waals surface area contributed by atoms with Crippen LogP contribution < -0.4 is 4.74 Å². The summed E-state index contributed by atoms with van der Waals surface area (Å²) in [7, 11) is -3.90. The lowest BCUT2D eigenvalue weighted by Gasteiger charge is -2.11. The fourth-order valence-electron chi connectivity index (χ4n) is 1.35. The minimum atomic E-state index is -3.90. The largest absolute Gasteiger partial charge is 0.425 e. The van der Waals surface area contributed by atoms with E-state index in [1.165, 1.54) is 12.1 Å². The van der Waals surface area contributed by atoms with Crippen molar-refractivity contribution in [3.63, 3.8) is 0 Å². The van der Waals surface area contributed by atoms with Gasteiger partial charge >= 0.3 is 16.1 Å². The van der Waals surface area contributed by atoms with Crippen LogP contribution in [0.1, 0.15) is 32.3 Å². The van der Waals surface area contributed by atoms with E-state index in [1.54, 1.807) is 19.9 Å². The molecule has 1 rings (SSSR count). The van der Waals surface area contributed by atoms with E-state index in [4.69, 9.17) is 8.92 Å². The van der Waals surface area contributed by atoms with Gasteiger partial charge in [0.05, 0.1) is 6.61 Å². The fourth-order valence-corrected chi connectivity index (χ4v) is 2.45. The van der Waals surface area contributed by atoms with Gasteiger partial charge in [-0.1, -0.05) is 19.9 Å². The van der Waals surface area contributed by atoms with Gasteiger partial charge in [-0.15, -0.1) is 0 Å². The molecule has 0 spiro atoms. The Hall–Kier alpha value is -1.40. The molecule has 0 aliphatic carbocycles. The molecule has 0 bridgehead atoms. The van der Waals surface area contributed by atoms with Crippen LogP contribution in [0.25, 0.3) is 0 Å². The van der Waals surface area contributed by atoms with Crippen molar-refractivity contribution in [3.05, 3.63) is 23.8 Å². The van der Waals surface area contributed by atoms with Gasteiger partial charge in [-0.2, -0.15) is 8.42 Å². The number of hydrogen-bond acceptors (Lipinski definition) is 5. The van der Waals surface area contributed by atoms with Crippen LogP contribution in [0.5, 0.6) is 5.75 Å². The molecule has 19 heavy (non-hydrogen) atoms. The van der Waals surface area contributed by atoms with Crippen molar-refractivity contribution in [2.24, 2.45) is 0 Å². The molecule has 0 unspecified atom stereocenters. The standard InChI is InChI=1S/C13H18O5S/c1-4-8-17-19(15,16)12-7-6-10(3)9-11(12)18-13(14)5-2/h6-7,9H,4-5,8H2,1-3H3. The van der Waals surface area contributed by atoms with Crippen molar-refractivity contribution >= 4 is 16.1 Å². The highest BCUT2D eigenvalue weighted by Crippen LogP contribution is 2.27. The molecule has 0 saturated carbocycles. The van der Waals surface area contributed by atoms with Crippen LogP contribution in [0.3, 0.4) is 0 Å². The fraction of sp³-hybridized carbons (Fsp3) is 0.462. The van der Waals surface area contributed by atoms with E-state index in [2.05, 4.69) is 0 Å². The summed E-state index contributed by atoms with van der Waals surface area (Å²) in [4.78, 5) is 11.2. The van der Waals surface area contributed by atoms with Crippen LogP contribution in [-0.4, -0.2) is 21.0 Å². The summed E-state index contributed by atoms with van der Waals surface area (Å²) in [5.41, 5.74) is 0.799. The molecular weight excluding hydrogens is 268 g/mol. The Balaban J connectivity index is 3.16. The summed E-state index contributed by atoms with van der Waals surface area (Å²) in [6.07, 6.45) is 0.748. The number of rotatable bonds is 6. The first-order valence-corrected chi connectivity index (χ1v) is 7.52. The zero-order valence-electron chi connectivity index (χ0n) is 11.3. The molecule has 0 radical (unpaired) electrons. The van der Waals surface area contributed by atoms with E-state index in [0.29, 0.717) is 6.42 Å². The Kier molecular flexibility index (Phi) is 5.50. The van der Waals surface area contributed by atoms with Crippen molar-refractivity contribution in [1.29, 1.82) is 0 Å². The van der Waals surface area contributed by atoms with Crippen molar-refractivity contribution < 1.29 is 22.1 Å². The van der Waals surface area contributed by atoms with Gasteiger partial charge in [0.1, 0.15) is 4.90 Å². The van der Waals surface area contributed by atoms with Crippen molar-refractivity contribution in [2.75, 3.05) is 6.61 Å². The molecule has 1 aromatic carbocycles. The maximum absolute atomic E-state index is 12.0. The molecule has 0 amide bonds. The number of hydrogen-bond donors (Lipinski definition) is 0. The Labute approximate surface area is 113 Å². The third-order valence-corrected chi connectivity index (χ3v) is 3.68. The smallest absolute Gasteiger partial charge is 0.310 e. The minimum Gasteiger partial charge on any atom is -0.425 e. The summed E-state index contributed by atoms with van der Waals surface area (Å²) >= 11 is 0. The van der Waals surface area contributed by atoms with Crippen LogP contribution in [0, 0.1) is 6.92 Å². The van der Waals surface area contributed by atoms with Crippen molar-refractivity contribution in [3.8, 4) is 5.75 Å². The molecule has 6 heteroatoms. The first kappa shape index (κ1) is 15.7.